The molecule has 0 aliphatic heterocycles. The molecule has 552 valence electrons. The zero-order valence-corrected chi connectivity index (χ0v) is 64.8. The second-order valence-electron chi connectivity index (χ2n) is 26.2. The fourth-order valence-electron chi connectivity index (χ4n) is 13.4. The number of hydrogen-bond donors (Lipinski definition) is 3. The summed E-state index contributed by atoms with van der Waals surface area (Å²) in [7, 11) is 0. The van der Waals surface area contributed by atoms with Gasteiger partial charge < -0.3 is 16.0 Å². The molecule has 6 aromatic heterocycles. The number of carbonyl (C=O) groups excluding carboxylic acids is 3. The van der Waals surface area contributed by atoms with Crippen LogP contribution in [-0.4, -0.2) is 68.6 Å². The summed E-state index contributed by atoms with van der Waals surface area (Å²) in [5, 5.41) is 27.7. The van der Waals surface area contributed by atoms with Crippen molar-refractivity contribution in [2.75, 3.05) is 6.54 Å². The van der Waals surface area contributed by atoms with Gasteiger partial charge in [0.15, 0.2) is 17.1 Å². The van der Waals surface area contributed by atoms with Gasteiger partial charge in [-0.05, 0) is 256 Å². The summed E-state index contributed by atoms with van der Waals surface area (Å²) in [5.41, 5.74) is 17.3. The van der Waals surface area contributed by atoms with Gasteiger partial charge in [-0.15, -0.1) is 0 Å². The molecule has 3 aliphatic rings. The van der Waals surface area contributed by atoms with E-state index in [1.54, 1.807) is 93.4 Å². The maximum Gasteiger partial charge on any atom is 0.272 e. The van der Waals surface area contributed by atoms with Gasteiger partial charge in [0.2, 0.25) is 0 Å². The molecule has 12 aromatic rings. The summed E-state index contributed by atoms with van der Waals surface area (Å²) in [4.78, 5) is 52.9. The Morgan fingerprint density at radius 3 is 1.16 bits per heavy atom. The largest absolute Gasteiger partial charge is 0.350 e. The van der Waals surface area contributed by atoms with Gasteiger partial charge in [0.05, 0.1) is 61.5 Å². The Morgan fingerprint density at radius 2 is 0.771 bits per heavy atom. The van der Waals surface area contributed by atoms with Crippen molar-refractivity contribution in [1.29, 1.82) is 0 Å². The molecule has 3 aliphatic carbocycles. The maximum atomic E-state index is 13.5. The van der Waals surface area contributed by atoms with Crippen molar-refractivity contribution in [3.63, 3.8) is 0 Å². The van der Waals surface area contributed by atoms with Gasteiger partial charge in [0.1, 0.15) is 5.82 Å². The number of carbonyl (C=O) groups is 3. The summed E-state index contributed by atoms with van der Waals surface area (Å²) in [6.07, 6.45) is 24.3. The molecule has 3 amide bonds. The molecule has 6 heterocycles. The standard InChI is InChI=1S/C29H25Cl3N4O.C28H23Cl3N4O.C28H23Cl2FN4O/c30-21-10-8-19(9-11-21)17-20-5-1-2-7-24-27(29(37)34-16-14-23-6-3-4-15-33-23)35-36(28(20)24)26-13-12-22(31)18-25(26)32;29-21-9-7-18(8-10-21)14-20-5-1-2-6-23-26(28(36)33-17-19-4-3-13-32-16-19)34-35(27(20)23)25-12-11-22(30)15-24(25)31;29-20-10-13-25(24(30)16-20)35-27-19(15-18-8-11-21(31)12-9-18)5-1-2-7-23(27)26(34-35)28(36)33-17-22-6-3-4-14-32-22/h3-4,6,8-13,15,17-18H,1-2,5,7,14,16H2,(H,34,37);3-4,7-16H,1-2,5-6,17H2,(H,33,36);3-4,6,8-16H,1-2,5,7,17H2,(H,33,36)/b20-17+;20-14+;19-15+. The van der Waals surface area contributed by atoms with Crippen molar-refractivity contribution in [3.8, 4) is 17.1 Å². The Morgan fingerprint density at radius 1 is 0.394 bits per heavy atom. The molecule has 15 rings (SSSR count). The second-order valence-corrected chi connectivity index (χ2v) is 29.6. The lowest BCUT2D eigenvalue weighted by Crippen LogP contribution is -2.27. The molecule has 24 heteroatoms. The van der Waals surface area contributed by atoms with Crippen molar-refractivity contribution in [3.05, 3.63) is 331 Å². The third-order valence-electron chi connectivity index (χ3n) is 18.6. The average Bonchev–Trinajstić information content (AvgIpc) is 1.63. The zero-order chi connectivity index (χ0) is 75.9. The first-order valence-electron chi connectivity index (χ1n) is 35.6. The quantitative estimate of drug-likeness (QED) is 0.0794. The predicted molar refractivity (Wildman–Crippen MR) is 437 cm³/mol. The Labute approximate surface area is 670 Å². The van der Waals surface area contributed by atoms with E-state index in [0.29, 0.717) is 107 Å². The lowest BCUT2D eigenvalue weighted by Gasteiger charge is -2.13. The Balaban J connectivity index is 0.000000144. The number of rotatable bonds is 16. The first kappa shape index (κ1) is 77.4. The van der Waals surface area contributed by atoms with Crippen LogP contribution in [0.2, 0.25) is 40.2 Å². The van der Waals surface area contributed by atoms with E-state index in [0.717, 1.165) is 155 Å². The van der Waals surface area contributed by atoms with Crippen LogP contribution in [0, 0.1) is 5.82 Å². The number of halogens is 9. The molecule has 0 saturated carbocycles. The number of pyridine rings is 3. The first-order chi connectivity index (χ1) is 53.0. The minimum atomic E-state index is -0.288. The highest BCUT2D eigenvalue weighted by atomic mass is 35.5. The smallest absolute Gasteiger partial charge is 0.272 e. The molecule has 0 fully saturated rings. The van der Waals surface area contributed by atoms with E-state index in [4.69, 9.17) is 108 Å². The lowest BCUT2D eigenvalue weighted by molar-refractivity contribution is 0.0936. The van der Waals surface area contributed by atoms with Crippen LogP contribution >= 0.6 is 92.8 Å². The van der Waals surface area contributed by atoms with Crippen LogP contribution in [0.1, 0.15) is 157 Å². The zero-order valence-electron chi connectivity index (χ0n) is 58.7. The number of amides is 3. The molecule has 6 aromatic carbocycles. The number of benzene rings is 6. The van der Waals surface area contributed by atoms with Crippen molar-refractivity contribution >= 4 is 145 Å². The molecule has 15 nitrogen and oxygen atoms in total. The summed E-state index contributed by atoms with van der Waals surface area (Å²) >= 11 is 50.5. The summed E-state index contributed by atoms with van der Waals surface area (Å²) < 4.78 is 18.8. The van der Waals surface area contributed by atoms with Crippen molar-refractivity contribution < 1.29 is 18.8 Å². The number of nitrogens with zero attached hydrogens (tertiary/aromatic N) is 9. The molecule has 0 bridgehead atoms. The Hall–Kier alpha value is -9.72. The second kappa shape index (κ2) is 36.7. The topological polar surface area (TPSA) is 179 Å². The van der Waals surface area contributed by atoms with E-state index >= 15 is 0 Å². The molecule has 3 N–H and O–H groups in total. The van der Waals surface area contributed by atoms with Gasteiger partial charge in [0.25, 0.3) is 17.7 Å². The number of hydrogen-bond acceptors (Lipinski definition) is 9. The molecule has 0 radical (unpaired) electrons. The van der Waals surface area contributed by atoms with E-state index in [-0.39, 0.29) is 23.5 Å². The number of allylic oxidation sites excluding steroid dienone is 3. The number of nitrogens with one attached hydrogen (secondary N) is 3. The predicted octanol–water partition coefficient (Wildman–Crippen LogP) is 21.8. The molecule has 109 heavy (non-hydrogen) atoms. The van der Waals surface area contributed by atoms with Gasteiger partial charge in [0, 0.05) is 91.8 Å². The lowest BCUT2D eigenvalue weighted by atomic mass is 10.0. The molecule has 0 spiro atoms. The SMILES string of the molecule is O=C(NCCc1ccccn1)c1nn(-c2ccc(Cl)cc2Cl)c2c1CCCC/C2=C\c1ccc(Cl)cc1.O=C(NCc1ccccn1)c1nn(-c2ccc(Cl)cc2Cl)c2c1CCCC/C2=C\c1ccc(F)cc1.O=C(NCc1cccnc1)c1nn(-c2ccc(Cl)cc2Cl)c2c1CCCC/C2=C\c1ccc(Cl)cc1. The third kappa shape index (κ3) is 19.5. The van der Waals surface area contributed by atoms with Gasteiger partial charge in [-0.25, -0.2) is 18.4 Å². The van der Waals surface area contributed by atoms with Crippen molar-refractivity contribution in [2.24, 2.45) is 0 Å². The van der Waals surface area contributed by atoms with E-state index in [2.05, 4.69) is 43.1 Å². The van der Waals surface area contributed by atoms with E-state index in [1.165, 1.54) is 12.1 Å². The molecular formula is C85H71Cl8FN12O3. The minimum absolute atomic E-state index is 0.205. The third-order valence-corrected chi connectivity index (χ3v) is 20.8. The van der Waals surface area contributed by atoms with Gasteiger partial charge in [-0.2, -0.15) is 15.3 Å². The van der Waals surface area contributed by atoms with Gasteiger partial charge in [-0.3, -0.25) is 29.3 Å². The van der Waals surface area contributed by atoms with Crippen LogP contribution < -0.4 is 16.0 Å². The summed E-state index contributed by atoms with van der Waals surface area (Å²) in [6.45, 7) is 1.12. The highest BCUT2D eigenvalue weighted by molar-refractivity contribution is 6.37. The van der Waals surface area contributed by atoms with Crippen molar-refractivity contribution in [2.45, 2.75) is 96.6 Å². The molecule has 0 atom stereocenters. The van der Waals surface area contributed by atoms with Crippen LogP contribution in [-0.2, 0) is 38.8 Å². The van der Waals surface area contributed by atoms with Crippen LogP contribution in [0.4, 0.5) is 4.39 Å². The van der Waals surface area contributed by atoms with E-state index in [1.807, 2.05) is 115 Å². The summed E-state index contributed by atoms with van der Waals surface area (Å²) in [5.74, 6) is -0.997. The molecular weight excluding hydrogens is 1540 g/mol. The van der Waals surface area contributed by atoms with Gasteiger partial charge in [-0.1, -0.05) is 147 Å². The summed E-state index contributed by atoms with van der Waals surface area (Å²) in [6, 6.07) is 52.7. The van der Waals surface area contributed by atoms with Crippen LogP contribution in [0.5, 0.6) is 0 Å². The average molecular weight is 1610 g/mol. The fraction of sp³-hybridized carbons (Fsp3) is 0.188. The minimum Gasteiger partial charge on any atom is -0.350 e. The highest BCUT2D eigenvalue weighted by Crippen LogP contribution is 2.41. The van der Waals surface area contributed by atoms with Crippen LogP contribution in [0.3, 0.4) is 0 Å². The van der Waals surface area contributed by atoms with E-state index in [9.17, 15) is 18.8 Å². The van der Waals surface area contributed by atoms with Crippen LogP contribution in [0.15, 0.2) is 201 Å². The Bertz CT molecular complexity index is 5140. The fourth-order valence-corrected chi connectivity index (χ4v) is 15.2. The first-order valence-corrected chi connectivity index (χ1v) is 38.7. The molecule has 0 saturated heterocycles. The highest BCUT2D eigenvalue weighted by Gasteiger charge is 2.32. The van der Waals surface area contributed by atoms with Gasteiger partial charge >= 0.3 is 0 Å². The molecule has 0 unspecified atom stereocenters. The number of aromatic nitrogens is 9. The normalized spacial score (nSPS) is 14.3. The maximum absolute atomic E-state index is 13.5. The number of fused-ring (bicyclic) bond motifs is 3. The van der Waals surface area contributed by atoms with Crippen molar-refractivity contribution in [1.82, 2.24) is 60.2 Å². The monoisotopic (exact) mass is 1610 g/mol. The van der Waals surface area contributed by atoms with Crippen LogP contribution in [0.25, 0.3) is 52.0 Å². The van der Waals surface area contributed by atoms with E-state index < -0.39 is 0 Å². The Kier molecular flexibility index (Phi) is 26.0.